The van der Waals surface area contributed by atoms with Crippen LogP contribution in [0, 0.1) is 12.7 Å². The number of benzene rings is 3. The Kier molecular flexibility index (Phi) is 10.4. The van der Waals surface area contributed by atoms with Gasteiger partial charge >= 0.3 is 0 Å². The SMILES string of the molecule is Cc1cc(Nc2ncnc3ccc(/C=N/OCCN4CCN(CCS(C)(=O)=O)CC4)cc23)ccc1OCc1cccc(F)c1. The number of aromatic nitrogens is 2. The zero-order valence-electron chi connectivity index (χ0n) is 24.9. The van der Waals surface area contributed by atoms with E-state index in [0.717, 1.165) is 71.8 Å². The molecule has 1 aliphatic rings. The van der Waals surface area contributed by atoms with Gasteiger partial charge in [0.1, 0.15) is 46.8 Å². The third kappa shape index (κ3) is 9.18. The molecule has 5 rings (SSSR count). The molecule has 4 aromatic rings. The van der Waals surface area contributed by atoms with Gasteiger partial charge in [-0.2, -0.15) is 0 Å². The molecular formula is C32H37FN6O4S. The molecule has 44 heavy (non-hydrogen) atoms. The first-order valence-corrected chi connectivity index (χ1v) is 16.6. The quantitative estimate of drug-likeness (QED) is 0.132. The van der Waals surface area contributed by atoms with E-state index in [2.05, 4.69) is 30.2 Å². The number of anilines is 2. The van der Waals surface area contributed by atoms with E-state index in [4.69, 9.17) is 9.57 Å². The number of ether oxygens (including phenoxy) is 1. The van der Waals surface area contributed by atoms with Crippen LogP contribution in [0.2, 0.25) is 0 Å². The van der Waals surface area contributed by atoms with Crippen LogP contribution in [0.1, 0.15) is 16.7 Å². The molecule has 0 radical (unpaired) electrons. The van der Waals surface area contributed by atoms with Gasteiger partial charge in [-0.05, 0) is 66.1 Å². The summed E-state index contributed by atoms with van der Waals surface area (Å²) in [4.78, 5) is 18.9. The topological polar surface area (TPSA) is 109 Å². The number of nitrogens with zero attached hydrogens (tertiary/aromatic N) is 5. The van der Waals surface area contributed by atoms with Crippen LogP contribution in [0.15, 0.2) is 72.1 Å². The maximum absolute atomic E-state index is 13.5. The van der Waals surface area contributed by atoms with Crippen LogP contribution in [0.5, 0.6) is 5.75 Å². The Morgan fingerprint density at radius 1 is 1.00 bits per heavy atom. The molecule has 0 saturated carbocycles. The summed E-state index contributed by atoms with van der Waals surface area (Å²) in [6.45, 7) is 7.49. The highest BCUT2D eigenvalue weighted by Gasteiger charge is 2.17. The lowest BCUT2D eigenvalue weighted by atomic mass is 10.1. The minimum atomic E-state index is -2.94. The molecule has 232 valence electrons. The van der Waals surface area contributed by atoms with Crippen LogP contribution in [0.25, 0.3) is 10.9 Å². The Labute approximate surface area is 257 Å². The van der Waals surface area contributed by atoms with Crippen molar-refractivity contribution in [3.63, 3.8) is 0 Å². The van der Waals surface area contributed by atoms with E-state index >= 15 is 0 Å². The number of halogens is 1. The van der Waals surface area contributed by atoms with Gasteiger partial charge in [-0.1, -0.05) is 23.4 Å². The van der Waals surface area contributed by atoms with E-state index in [-0.39, 0.29) is 18.2 Å². The monoisotopic (exact) mass is 620 g/mol. The van der Waals surface area contributed by atoms with E-state index in [1.165, 1.54) is 24.7 Å². The molecule has 0 aliphatic carbocycles. The van der Waals surface area contributed by atoms with E-state index in [1.54, 1.807) is 12.3 Å². The van der Waals surface area contributed by atoms with Crippen molar-refractivity contribution in [3.8, 4) is 5.75 Å². The minimum absolute atomic E-state index is 0.200. The van der Waals surface area contributed by atoms with Crippen molar-refractivity contribution in [1.82, 2.24) is 19.8 Å². The van der Waals surface area contributed by atoms with Crippen molar-refractivity contribution >= 4 is 38.5 Å². The first-order valence-electron chi connectivity index (χ1n) is 14.5. The number of hydrogen-bond donors (Lipinski definition) is 1. The fourth-order valence-electron chi connectivity index (χ4n) is 4.92. The van der Waals surface area contributed by atoms with E-state index in [0.29, 0.717) is 19.0 Å². The maximum Gasteiger partial charge on any atom is 0.148 e. The van der Waals surface area contributed by atoms with Crippen molar-refractivity contribution in [1.29, 1.82) is 0 Å². The summed E-state index contributed by atoms with van der Waals surface area (Å²) >= 11 is 0. The van der Waals surface area contributed by atoms with Crippen LogP contribution in [0.4, 0.5) is 15.9 Å². The Bertz CT molecular complexity index is 1710. The summed E-state index contributed by atoms with van der Waals surface area (Å²) in [6.07, 6.45) is 4.48. The van der Waals surface area contributed by atoms with E-state index in [1.807, 2.05) is 49.4 Å². The summed E-state index contributed by atoms with van der Waals surface area (Å²) in [7, 11) is -2.94. The second-order valence-corrected chi connectivity index (χ2v) is 13.2. The predicted molar refractivity (Wildman–Crippen MR) is 171 cm³/mol. The number of oxime groups is 1. The maximum atomic E-state index is 13.5. The highest BCUT2D eigenvalue weighted by Crippen LogP contribution is 2.28. The van der Waals surface area contributed by atoms with Gasteiger partial charge in [-0.25, -0.2) is 22.8 Å². The normalized spacial score (nSPS) is 14.7. The largest absolute Gasteiger partial charge is 0.489 e. The molecule has 1 aromatic heterocycles. The summed E-state index contributed by atoms with van der Waals surface area (Å²) in [6, 6.07) is 18.0. The molecule has 1 fully saturated rings. The number of hydrogen-bond acceptors (Lipinski definition) is 10. The Hall–Kier alpha value is -4.13. The molecule has 12 heteroatoms. The number of sulfone groups is 1. The summed E-state index contributed by atoms with van der Waals surface area (Å²) < 4.78 is 42.2. The summed E-state index contributed by atoms with van der Waals surface area (Å²) in [5.74, 6) is 1.30. The van der Waals surface area contributed by atoms with Gasteiger partial charge in [0.05, 0.1) is 17.5 Å². The average Bonchev–Trinajstić information content (AvgIpc) is 3.00. The number of nitrogens with one attached hydrogen (secondary N) is 1. The Morgan fingerprint density at radius 2 is 1.80 bits per heavy atom. The zero-order chi connectivity index (χ0) is 30.9. The molecule has 0 atom stereocenters. The van der Waals surface area contributed by atoms with Gasteiger partial charge in [-0.15, -0.1) is 0 Å². The van der Waals surface area contributed by atoms with Crippen LogP contribution in [0.3, 0.4) is 0 Å². The Morgan fingerprint density at radius 3 is 2.55 bits per heavy atom. The average molecular weight is 621 g/mol. The molecule has 1 aliphatic heterocycles. The van der Waals surface area contributed by atoms with Crippen molar-refractivity contribution in [2.45, 2.75) is 13.5 Å². The lowest BCUT2D eigenvalue weighted by Gasteiger charge is -2.34. The molecule has 3 aromatic carbocycles. The zero-order valence-corrected chi connectivity index (χ0v) is 25.8. The molecule has 0 unspecified atom stereocenters. The third-order valence-corrected chi connectivity index (χ3v) is 8.32. The number of piperazine rings is 1. The fourth-order valence-corrected chi connectivity index (χ4v) is 5.51. The van der Waals surface area contributed by atoms with Crippen molar-refractivity contribution in [2.24, 2.45) is 5.16 Å². The van der Waals surface area contributed by atoms with Gasteiger partial charge in [0, 0.05) is 56.6 Å². The van der Waals surface area contributed by atoms with Gasteiger partial charge in [0.15, 0.2) is 0 Å². The highest BCUT2D eigenvalue weighted by atomic mass is 32.2. The second kappa shape index (κ2) is 14.6. The van der Waals surface area contributed by atoms with E-state index < -0.39 is 9.84 Å². The van der Waals surface area contributed by atoms with Gasteiger partial charge in [0.25, 0.3) is 0 Å². The van der Waals surface area contributed by atoms with Crippen molar-refractivity contribution in [3.05, 3.63) is 89.5 Å². The second-order valence-electron chi connectivity index (χ2n) is 10.9. The fraction of sp³-hybridized carbons (Fsp3) is 0.344. The van der Waals surface area contributed by atoms with Crippen molar-refractivity contribution in [2.75, 3.05) is 63.2 Å². The van der Waals surface area contributed by atoms with Crippen LogP contribution in [-0.4, -0.2) is 92.3 Å². The van der Waals surface area contributed by atoms with Crippen LogP contribution in [-0.2, 0) is 21.3 Å². The highest BCUT2D eigenvalue weighted by molar-refractivity contribution is 7.90. The van der Waals surface area contributed by atoms with Gasteiger partial charge in [0.2, 0.25) is 0 Å². The summed E-state index contributed by atoms with van der Waals surface area (Å²) in [5.41, 5.74) is 4.20. The Balaban J connectivity index is 1.13. The standard InChI is InChI=1S/C32H37FN6O4S/c1-24-18-28(7-9-31(24)42-22-26-4-3-5-27(33)19-26)37-32-29-20-25(6-8-30(29)34-23-35-32)21-36-43-16-14-38-10-12-39(13-11-38)15-17-44(2,40)41/h3-9,18-21,23H,10-17,22H2,1-2H3,(H,34,35,37)/b36-21+. The predicted octanol–water partition coefficient (Wildman–Crippen LogP) is 4.41. The lowest BCUT2D eigenvalue weighted by Crippen LogP contribution is -2.48. The molecule has 0 amide bonds. The van der Waals surface area contributed by atoms with Gasteiger partial charge in [-0.3, -0.25) is 9.80 Å². The number of fused-ring (bicyclic) bond motifs is 1. The minimum Gasteiger partial charge on any atom is -0.489 e. The van der Waals surface area contributed by atoms with Crippen LogP contribution < -0.4 is 10.1 Å². The first-order chi connectivity index (χ1) is 21.2. The molecule has 10 nitrogen and oxygen atoms in total. The lowest BCUT2D eigenvalue weighted by molar-refractivity contribution is 0.0815. The summed E-state index contributed by atoms with van der Waals surface area (Å²) in [5, 5.41) is 8.38. The molecule has 0 spiro atoms. The van der Waals surface area contributed by atoms with Gasteiger partial charge < -0.3 is 14.9 Å². The van der Waals surface area contributed by atoms with Crippen LogP contribution >= 0.6 is 0 Å². The third-order valence-electron chi connectivity index (χ3n) is 7.40. The molecule has 0 bridgehead atoms. The molecular weight excluding hydrogens is 583 g/mol. The van der Waals surface area contributed by atoms with E-state index in [9.17, 15) is 12.8 Å². The molecule has 1 saturated heterocycles. The molecule has 1 N–H and O–H groups in total. The molecule has 2 heterocycles. The first kappa shape index (κ1) is 31.3. The van der Waals surface area contributed by atoms with Crippen molar-refractivity contribution < 1.29 is 22.4 Å². The number of rotatable bonds is 13. The number of aryl methyl sites for hydroxylation is 1. The smallest absolute Gasteiger partial charge is 0.148 e.